The number of carboxylic acid groups (broad SMARTS) is 1. The molecule has 1 heterocycles. The lowest BCUT2D eigenvalue weighted by atomic mass is 10.2. The summed E-state index contributed by atoms with van der Waals surface area (Å²) in [5.41, 5.74) is 6.52. The van der Waals surface area contributed by atoms with Crippen molar-refractivity contribution in [3.8, 4) is 11.5 Å². The van der Waals surface area contributed by atoms with Gasteiger partial charge in [0.1, 0.15) is 0 Å². The van der Waals surface area contributed by atoms with Crippen molar-refractivity contribution in [2.24, 2.45) is 5.73 Å². The molecule has 0 aliphatic carbocycles. The third-order valence-electron chi connectivity index (χ3n) is 2.75. The van der Waals surface area contributed by atoms with Gasteiger partial charge in [-0.05, 0) is 12.1 Å². The molecule has 0 fully saturated rings. The highest BCUT2D eigenvalue weighted by Gasteiger charge is 2.12. The van der Waals surface area contributed by atoms with E-state index in [4.69, 9.17) is 20.3 Å². The fourth-order valence-electron chi connectivity index (χ4n) is 1.82. The number of nitrogens with two attached hydrogens (primary N) is 1. The molecule has 0 aromatic heterocycles. The van der Waals surface area contributed by atoms with Crippen molar-refractivity contribution in [3.63, 3.8) is 0 Å². The van der Waals surface area contributed by atoms with E-state index in [0.717, 1.165) is 17.9 Å². The number of hydrogen-bond acceptors (Lipinski definition) is 5. The van der Waals surface area contributed by atoms with Crippen molar-refractivity contribution in [1.29, 1.82) is 0 Å². The van der Waals surface area contributed by atoms with Gasteiger partial charge in [-0.15, -0.1) is 0 Å². The molecule has 1 unspecified atom stereocenters. The van der Waals surface area contributed by atoms with E-state index in [-0.39, 0.29) is 6.42 Å². The number of anilines is 1. The maximum Gasteiger partial charge on any atom is 0.304 e. The van der Waals surface area contributed by atoms with Gasteiger partial charge in [0, 0.05) is 30.8 Å². The predicted molar refractivity (Wildman–Crippen MR) is 70.8 cm³/mol. The van der Waals surface area contributed by atoms with E-state index in [2.05, 4.69) is 5.32 Å². The maximum atomic E-state index is 10.5. The first-order valence-electron chi connectivity index (χ1n) is 6.26. The summed E-state index contributed by atoms with van der Waals surface area (Å²) in [6.07, 6.45) is 0.804. The van der Waals surface area contributed by atoms with Crippen LogP contribution in [0.2, 0.25) is 0 Å². The zero-order chi connectivity index (χ0) is 13.7. The Labute approximate surface area is 111 Å². The number of nitrogens with one attached hydrogen (secondary N) is 1. The van der Waals surface area contributed by atoms with E-state index in [1.165, 1.54) is 0 Å². The van der Waals surface area contributed by atoms with Crippen molar-refractivity contribution < 1.29 is 19.4 Å². The van der Waals surface area contributed by atoms with Crippen molar-refractivity contribution in [1.82, 2.24) is 0 Å². The lowest BCUT2D eigenvalue weighted by molar-refractivity contribution is -0.137. The molecule has 1 aromatic carbocycles. The van der Waals surface area contributed by atoms with Gasteiger partial charge in [0.05, 0.1) is 19.6 Å². The van der Waals surface area contributed by atoms with Crippen LogP contribution < -0.4 is 20.5 Å². The summed E-state index contributed by atoms with van der Waals surface area (Å²) in [5.74, 6) is 0.542. The smallest absolute Gasteiger partial charge is 0.304 e. The normalized spacial score (nSPS) is 15.4. The molecule has 19 heavy (non-hydrogen) atoms. The van der Waals surface area contributed by atoms with Crippen LogP contribution >= 0.6 is 0 Å². The fraction of sp³-hybridized carbons (Fsp3) is 0.462. The number of carbonyl (C=O) groups is 1. The van der Waals surface area contributed by atoms with E-state index in [1.807, 2.05) is 18.2 Å². The van der Waals surface area contributed by atoms with Crippen LogP contribution in [-0.4, -0.2) is 36.9 Å². The Morgan fingerprint density at radius 1 is 1.37 bits per heavy atom. The number of rotatable bonds is 5. The SMILES string of the molecule is NC(CNc1ccc2c(c1)OCCCO2)CC(=O)O. The lowest BCUT2D eigenvalue weighted by Gasteiger charge is -2.13. The minimum Gasteiger partial charge on any atom is -0.490 e. The number of hydrogen-bond donors (Lipinski definition) is 3. The Morgan fingerprint density at radius 2 is 2.11 bits per heavy atom. The highest BCUT2D eigenvalue weighted by Crippen LogP contribution is 2.32. The molecule has 1 aliphatic rings. The Hall–Kier alpha value is -1.95. The van der Waals surface area contributed by atoms with E-state index < -0.39 is 12.0 Å². The van der Waals surface area contributed by atoms with Gasteiger partial charge in [-0.3, -0.25) is 4.79 Å². The van der Waals surface area contributed by atoms with Crippen LogP contribution in [0.3, 0.4) is 0 Å². The maximum absolute atomic E-state index is 10.5. The molecule has 2 rings (SSSR count). The first-order chi connectivity index (χ1) is 9.15. The second-order valence-electron chi connectivity index (χ2n) is 4.45. The summed E-state index contributed by atoms with van der Waals surface area (Å²) in [5, 5.41) is 11.7. The number of ether oxygens (including phenoxy) is 2. The van der Waals surface area contributed by atoms with Gasteiger partial charge >= 0.3 is 5.97 Å². The largest absolute Gasteiger partial charge is 0.490 e. The molecule has 0 saturated carbocycles. The minimum atomic E-state index is -0.895. The third kappa shape index (κ3) is 4.03. The predicted octanol–water partition coefficient (Wildman–Crippen LogP) is 1.06. The quantitative estimate of drug-likeness (QED) is 0.738. The van der Waals surface area contributed by atoms with Gasteiger partial charge in [0.2, 0.25) is 0 Å². The molecule has 6 heteroatoms. The molecular weight excluding hydrogens is 248 g/mol. The van der Waals surface area contributed by atoms with Gasteiger partial charge in [-0.2, -0.15) is 0 Å². The second kappa shape index (κ2) is 6.29. The summed E-state index contributed by atoms with van der Waals surface area (Å²) in [6, 6.07) is 5.12. The van der Waals surface area contributed by atoms with Crippen molar-refractivity contribution in [2.75, 3.05) is 25.1 Å². The second-order valence-corrected chi connectivity index (χ2v) is 4.45. The Bertz CT molecular complexity index is 450. The molecule has 0 saturated heterocycles. The van der Waals surface area contributed by atoms with Crippen LogP contribution in [0.15, 0.2) is 18.2 Å². The minimum absolute atomic E-state index is 0.0580. The van der Waals surface area contributed by atoms with Crippen LogP contribution in [0.5, 0.6) is 11.5 Å². The Morgan fingerprint density at radius 3 is 2.84 bits per heavy atom. The molecule has 0 bridgehead atoms. The number of carboxylic acids is 1. The van der Waals surface area contributed by atoms with E-state index in [0.29, 0.717) is 25.5 Å². The fourth-order valence-corrected chi connectivity index (χ4v) is 1.82. The summed E-state index contributed by atoms with van der Waals surface area (Å²) in [4.78, 5) is 10.5. The highest BCUT2D eigenvalue weighted by molar-refractivity contribution is 5.67. The van der Waals surface area contributed by atoms with Crippen molar-refractivity contribution in [2.45, 2.75) is 18.9 Å². The molecule has 0 amide bonds. The van der Waals surface area contributed by atoms with Crippen LogP contribution in [0, 0.1) is 0 Å². The van der Waals surface area contributed by atoms with Gasteiger partial charge in [0.25, 0.3) is 0 Å². The molecule has 104 valence electrons. The summed E-state index contributed by atoms with van der Waals surface area (Å²) >= 11 is 0. The topological polar surface area (TPSA) is 93.8 Å². The molecule has 0 radical (unpaired) electrons. The van der Waals surface area contributed by atoms with Gasteiger partial charge < -0.3 is 25.6 Å². The lowest BCUT2D eigenvalue weighted by Crippen LogP contribution is -2.31. The van der Waals surface area contributed by atoms with E-state index in [1.54, 1.807) is 0 Å². The van der Waals surface area contributed by atoms with E-state index >= 15 is 0 Å². The monoisotopic (exact) mass is 266 g/mol. The third-order valence-corrected chi connectivity index (χ3v) is 2.75. The molecule has 0 spiro atoms. The molecule has 4 N–H and O–H groups in total. The van der Waals surface area contributed by atoms with Gasteiger partial charge in [0.15, 0.2) is 11.5 Å². The standard InChI is InChI=1S/C13H18N2O4/c14-9(6-13(16)17)8-15-10-2-3-11-12(7-10)19-5-1-4-18-11/h2-3,7,9,15H,1,4-6,8,14H2,(H,16,17). The summed E-state index contributed by atoms with van der Waals surface area (Å²) in [7, 11) is 0. The van der Waals surface area contributed by atoms with Crippen LogP contribution in [0.1, 0.15) is 12.8 Å². The first kappa shape index (κ1) is 13.5. The van der Waals surface area contributed by atoms with Gasteiger partial charge in [-0.1, -0.05) is 0 Å². The van der Waals surface area contributed by atoms with Crippen LogP contribution in [0.4, 0.5) is 5.69 Å². The number of aliphatic carboxylic acids is 1. The summed E-state index contributed by atoms with van der Waals surface area (Å²) < 4.78 is 11.1. The molecule has 1 atom stereocenters. The highest BCUT2D eigenvalue weighted by atomic mass is 16.5. The average Bonchev–Trinajstić information content (AvgIpc) is 2.60. The Balaban J connectivity index is 1.94. The first-order valence-corrected chi connectivity index (χ1v) is 6.26. The molecular formula is C13H18N2O4. The van der Waals surface area contributed by atoms with Crippen LogP contribution in [-0.2, 0) is 4.79 Å². The van der Waals surface area contributed by atoms with Crippen LogP contribution in [0.25, 0.3) is 0 Å². The average molecular weight is 266 g/mol. The van der Waals surface area contributed by atoms with Gasteiger partial charge in [-0.25, -0.2) is 0 Å². The van der Waals surface area contributed by atoms with Crippen molar-refractivity contribution in [3.05, 3.63) is 18.2 Å². The molecule has 1 aromatic rings. The van der Waals surface area contributed by atoms with E-state index in [9.17, 15) is 4.79 Å². The summed E-state index contributed by atoms with van der Waals surface area (Å²) in [6.45, 7) is 1.68. The molecule has 1 aliphatic heterocycles. The number of benzene rings is 1. The molecule has 6 nitrogen and oxygen atoms in total. The Kier molecular flexibility index (Phi) is 4.46. The number of fused-ring (bicyclic) bond motifs is 1. The zero-order valence-corrected chi connectivity index (χ0v) is 10.6. The van der Waals surface area contributed by atoms with Crippen molar-refractivity contribution >= 4 is 11.7 Å². The zero-order valence-electron chi connectivity index (χ0n) is 10.6.